The van der Waals surface area contributed by atoms with Crippen LogP contribution in [0.15, 0.2) is 98.1 Å². The van der Waals surface area contributed by atoms with Crippen LogP contribution in [0.2, 0.25) is 0 Å². The van der Waals surface area contributed by atoms with Crippen molar-refractivity contribution >= 4 is 33.8 Å². The van der Waals surface area contributed by atoms with Crippen molar-refractivity contribution in [3.05, 3.63) is 115 Å². The number of rotatable bonds is 6. The second-order valence-corrected chi connectivity index (χ2v) is 7.15. The molecule has 152 valence electrons. The van der Waals surface area contributed by atoms with Crippen LogP contribution in [0.25, 0.3) is 22.2 Å². The highest BCUT2D eigenvalue weighted by Gasteiger charge is 2.16. The number of hydrogen-bond acceptors (Lipinski definition) is 3. The Balaban J connectivity index is 1.80. The van der Waals surface area contributed by atoms with Gasteiger partial charge in [0.2, 0.25) is 0 Å². The molecule has 0 saturated carbocycles. The van der Waals surface area contributed by atoms with Gasteiger partial charge in [0, 0.05) is 16.8 Å². The van der Waals surface area contributed by atoms with Crippen molar-refractivity contribution in [2.24, 2.45) is 0 Å². The van der Waals surface area contributed by atoms with E-state index in [0.29, 0.717) is 16.6 Å². The van der Waals surface area contributed by atoms with Crippen LogP contribution in [0.1, 0.15) is 34.6 Å². The van der Waals surface area contributed by atoms with Gasteiger partial charge >= 0.3 is 0 Å². The zero-order chi connectivity index (χ0) is 21.6. The van der Waals surface area contributed by atoms with Gasteiger partial charge in [0.15, 0.2) is 0 Å². The summed E-state index contributed by atoms with van der Waals surface area (Å²) in [4.78, 5) is 22.5. The molecule has 4 heteroatoms. The summed E-state index contributed by atoms with van der Waals surface area (Å²) in [7, 11) is 0. The molecule has 1 aliphatic rings. The van der Waals surface area contributed by atoms with Crippen molar-refractivity contribution in [2.75, 3.05) is 5.32 Å². The smallest absolute Gasteiger partial charge is 0.255 e. The Morgan fingerprint density at radius 3 is 2.55 bits per heavy atom. The number of nitrogens with one attached hydrogen (secondary N) is 1. The van der Waals surface area contributed by atoms with Gasteiger partial charge in [-0.15, -0.1) is 0 Å². The number of aromatic nitrogens is 2. The fraction of sp³-hybridized carbons (Fsp3) is 0.0741. The lowest BCUT2D eigenvalue weighted by Gasteiger charge is -2.14. The molecule has 31 heavy (non-hydrogen) atoms. The second kappa shape index (κ2) is 9.18. The SMILES string of the molecule is C=C/C=C(\C=C)c1nc2ccc(C(=O)Nc3ccccc3)cc2nc1C1=CCCC=C1. The van der Waals surface area contributed by atoms with Gasteiger partial charge in [-0.25, -0.2) is 9.97 Å². The summed E-state index contributed by atoms with van der Waals surface area (Å²) in [6.07, 6.45) is 13.7. The first-order chi connectivity index (χ1) is 15.2. The van der Waals surface area contributed by atoms with E-state index in [1.54, 1.807) is 24.3 Å². The van der Waals surface area contributed by atoms with Crippen LogP contribution in [0.5, 0.6) is 0 Å². The molecular formula is C27H23N3O. The molecule has 0 spiro atoms. The molecule has 1 aromatic heterocycles. The van der Waals surface area contributed by atoms with Crippen molar-refractivity contribution in [3.8, 4) is 0 Å². The van der Waals surface area contributed by atoms with Crippen molar-refractivity contribution in [1.82, 2.24) is 9.97 Å². The minimum atomic E-state index is -0.185. The minimum Gasteiger partial charge on any atom is -0.322 e. The highest BCUT2D eigenvalue weighted by Crippen LogP contribution is 2.29. The fourth-order valence-electron chi connectivity index (χ4n) is 3.48. The van der Waals surface area contributed by atoms with Gasteiger partial charge in [0.25, 0.3) is 5.91 Å². The standard InChI is InChI=1S/C27H23N3O/c1-3-11-19(4-2)25-26(20-12-7-5-8-13-20)30-24-18-21(16-17-23(24)29-25)27(31)28-22-14-9-6-10-15-22/h3-4,6-7,9-18H,1-2,5,8H2,(H,28,31)/b19-11+. The quantitative estimate of drug-likeness (QED) is 0.485. The Bertz CT molecular complexity index is 1250. The predicted octanol–water partition coefficient (Wildman–Crippen LogP) is 6.37. The second-order valence-electron chi connectivity index (χ2n) is 7.15. The van der Waals surface area contributed by atoms with E-state index in [0.717, 1.165) is 41.1 Å². The lowest BCUT2D eigenvalue weighted by atomic mass is 9.98. The normalized spacial score (nSPS) is 13.5. The number of carbonyl (C=O) groups is 1. The van der Waals surface area contributed by atoms with Crippen LogP contribution < -0.4 is 5.32 Å². The first-order valence-electron chi connectivity index (χ1n) is 10.2. The average Bonchev–Trinajstić information content (AvgIpc) is 2.82. The van der Waals surface area contributed by atoms with E-state index in [4.69, 9.17) is 9.97 Å². The topological polar surface area (TPSA) is 54.9 Å². The maximum Gasteiger partial charge on any atom is 0.255 e. The number of anilines is 1. The molecule has 1 N–H and O–H groups in total. The Morgan fingerprint density at radius 2 is 1.84 bits per heavy atom. The number of para-hydroxylation sites is 1. The summed E-state index contributed by atoms with van der Waals surface area (Å²) in [5.74, 6) is -0.185. The maximum absolute atomic E-state index is 12.7. The molecule has 0 fully saturated rings. The van der Waals surface area contributed by atoms with E-state index in [1.165, 1.54) is 0 Å². The van der Waals surface area contributed by atoms with Crippen molar-refractivity contribution in [1.29, 1.82) is 0 Å². The van der Waals surface area contributed by atoms with Crippen LogP contribution in [0.4, 0.5) is 5.69 Å². The Kier molecular flexibility index (Phi) is 5.99. The number of carbonyl (C=O) groups excluding carboxylic acids is 1. The summed E-state index contributed by atoms with van der Waals surface area (Å²) >= 11 is 0. The van der Waals surface area contributed by atoms with Crippen molar-refractivity contribution in [2.45, 2.75) is 12.8 Å². The molecule has 1 amide bonds. The van der Waals surface area contributed by atoms with Crippen molar-refractivity contribution in [3.63, 3.8) is 0 Å². The third kappa shape index (κ3) is 4.43. The van der Waals surface area contributed by atoms with Gasteiger partial charge in [-0.1, -0.05) is 67.8 Å². The number of benzene rings is 2. The summed E-state index contributed by atoms with van der Waals surface area (Å²) in [5, 5.41) is 2.91. The summed E-state index contributed by atoms with van der Waals surface area (Å²) in [5.41, 5.74) is 6.06. The van der Waals surface area contributed by atoms with E-state index in [-0.39, 0.29) is 5.91 Å². The van der Waals surface area contributed by atoms with E-state index < -0.39 is 0 Å². The van der Waals surface area contributed by atoms with Crippen LogP contribution in [-0.2, 0) is 0 Å². The molecular weight excluding hydrogens is 382 g/mol. The van der Waals surface area contributed by atoms with E-state index >= 15 is 0 Å². The third-order valence-electron chi connectivity index (χ3n) is 5.02. The van der Waals surface area contributed by atoms with Crippen LogP contribution in [0.3, 0.4) is 0 Å². The van der Waals surface area contributed by atoms with E-state index in [2.05, 4.69) is 36.7 Å². The Hall–Kier alpha value is -4.05. The first kappa shape index (κ1) is 20.2. The number of allylic oxidation sites excluding steroid dienone is 8. The molecule has 2 aromatic carbocycles. The molecule has 4 rings (SSSR count). The molecule has 4 nitrogen and oxygen atoms in total. The molecule has 0 atom stereocenters. The van der Waals surface area contributed by atoms with E-state index in [1.807, 2.05) is 42.5 Å². The minimum absolute atomic E-state index is 0.185. The average molecular weight is 406 g/mol. The molecule has 1 aliphatic carbocycles. The summed E-state index contributed by atoms with van der Waals surface area (Å²) < 4.78 is 0. The molecule has 1 heterocycles. The highest BCUT2D eigenvalue weighted by molar-refractivity contribution is 6.06. The van der Waals surface area contributed by atoms with Gasteiger partial charge in [0.05, 0.1) is 22.4 Å². The first-order valence-corrected chi connectivity index (χ1v) is 10.2. The van der Waals surface area contributed by atoms with Gasteiger partial charge < -0.3 is 5.32 Å². The van der Waals surface area contributed by atoms with Gasteiger partial charge in [-0.2, -0.15) is 0 Å². The summed E-state index contributed by atoms with van der Waals surface area (Å²) in [6.45, 7) is 7.72. The summed E-state index contributed by atoms with van der Waals surface area (Å²) in [6, 6.07) is 14.8. The monoisotopic (exact) mass is 405 g/mol. The molecule has 0 aliphatic heterocycles. The number of hydrogen-bond donors (Lipinski definition) is 1. The van der Waals surface area contributed by atoms with Gasteiger partial charge in [0.1, 0.15) is 0 Å². The highest BCUT2D eigenvalue weighted by atomic mass is 16.1. The Morgan fingerprint density at radius 1 is 1.00 bits per heavy atom. The molecule has 0 radical (unpaired) electrons. The lowest BCUT2D eigenvalue weighted by Crippen LogP contribution is -2.12. The number of fused-ring (bicyclic) bond motifs is 1. The molecule has 0 bridgehead atoms. The number of amides is 1. The van der Waals surface area contributed by atoms with Crippen LogP contribution >= 0.6 is 0 Å². The van der Waals surface area contributed by atoms with Gasteiger partial charge in [-0.3, -0.25) is 4.79 Å². The Labute approximate surface area is 182 Å². The predicted molar refractivity (Wildman–Crippen MR) is 129 cm³/mol. The zero-order valence-corrected chi connectivity index (χ0v) is 17.2. The zero-order valence-electron chi connectivity index (χ0n) is 17.2. The maximum atomic E-state index is 12.7. The molecule has 0 saturated heterocycles. The van der Waals surface area contributed by atoms with E-state index in [9.17, 15) is 4.79 Å². The molecule has 0 unspecified atom stereocenters. The lowest BCUT2D eigenvalue weighted by molar-refractivity contribution is 0.102. The van der Waals surface area contributed by atoms with Crippen molar-refractivity contribution < 1.29 is 4.79 Å². The van der Waals surface area contributed by atoms with Crippen LogP contribution in [0, 0.1) is 0 Å². The third-order valence-corrected chi connectivity index (χ3v) is 5.02. The number of nitrogens with zero attached hydrogens (tertiary/aromatic N) is 2. The fourth-order valence-corrected chi connectivity index (χ4v) is 3.48. The largest absolute Gasteiger partial charge is 0.322 e. The van der Waals surface area contributed by atoms with Gasteiger partial charge in [-0.05, 0) is 48.7 Å². The molecule has 3 aromatic rings. The van der Waals surface area contributed by atoms with Crippen LogP contribution in [-0.4, -0.2) is 15.9 Å².